The van der Waals surface area contributed by atoms with Gasteiger partial charge in [-0.25, -0.2) is 8.42 Å². The number of hydrogen-bond donors (Lipinski definition) is 2. The van der Waals surface area contributed by atoms with Gasteiger partial charge in [-0.05, 0) is 50.2 Å². The molecular weight excluding hydrogens is 368 g/mol. The lowest BCUT2D eigenvalue weighted by atomic mass is 9.97. The summed E-state index contributed by atoms with van der Waals surface area (Å²) < 4.78 is 26.8. The van der Waals surface area contributed by atoms with E-state index in [1.807, 2.05) is 0 Å². The van der Waals surface area contributed by atoms with Gasteiger partial charge in [0.05, 0.1) is 10.8 Å². The van der Waals surface area contributed by atoms with Gasteiger partial charge in [0.15, 0.2) is 0 Å². The molecule has 0 spiro atoms. The van der Waals surface area contributed by atoms with Crippen molar-refractivity contribution in [3.8, 4) is 0 Å². The molecule has 1 saturated carbocycles. The molecule has 7 nitrogen and oxygen atoms in total. The number of sulfonamides is 1. The number of piperidine rings is 1. The maximum atomic E-state index is 12.6. The minimum Gasteiger partial charge on any atom is -0.481 e. The van der Waals surface area contributed by atoms with Crippen LogP contribution in [0.1, 0.15) is 32.1 Å². The van der Waals surface area contributed by atoms with Gasteiger partial charge in [-0.2, -0.15) is 4.31 Å². The number of aliphatic carboxylic acids is 1. The van der Waals surface area contributed by atoms with Crippen molar-refractivity contribution in [3.05, 3.63) is 30.3 Å². The van der Waals surface area contributed by atoms with Gasteiger partial charge in [0.1, 0.15) is 0 Å². The van der Waals surface area contributed by atoms with Crippen molar-refractivity contribution < 1.29 is 23.1 Å². The maximum absolute atomic E-state index is 12.6. The third-order valence-electron chi connectivity index (χ3n) is 5.67. The molecule has 2 N–H and O–H groups in total. The van der Waals surface area contributed by atoms with Crippen molar-refractivity contribution in [1.82, 2.24) is 9.62 Å². The van der Waals surface area contributed by atoms with E-state index in [-0.39, 0.29) is 17.7 Å². The fourth-order valence-corrected chi connectivity index (χ4v) is 5.42. The number of benzene rings is 1. The maximum Gasteiger partial charge on any atom is 0.306 e. The molecule has 8 heteroatoms. The lowest BCUT2D eigenvalue weighted by Gasteiger charge is -2.31. The van der Waals surface area contributed by atoms with Crippen LogP contribution in [0.5, 0.6) is 0 Å². The zero-order chi connectivity index (χ0) is 19.4. The minimum atomic E-state index is -3.45. The molecule has 1 aliphatic heterocycles. The lowest BCUT2D eigenvalue weighted by Crippen LogP contribution is -2.42. The Morgan fingerprint density at radius 1 is 1.04 bits per heavy atom. The molecule has 148 valence electrons. The molecule has 1 aliphatic carbocycles. The summed E-state index contributed by atoms with van der Waals surface area (Å²) in [6, 6.07) is 8.43. The molecule has 3 rings (SSSR count). The number of hydrogen-bond acceptors (Lipinski definition) is 4. The van der Waals surface area contributed by atoms with Gasteiger partial charge >= 0.3 is 5.97 Å². The molecule has 0 bridgehead atoms. The van der Waals surface area contributed by atoms with Crippen molar-refractivity contribution in [1.29, 1.82) is 0 Å². The SMILES string of the molecule is O=C(O)[C@@H]1CC[C@H](C(=O)NCC2CCN(S(=O)(=O)c3ccccc3)CC2)C1. The molecule has 0 radical (unpaired) electrons. The first-order chi connectivity index (χ1) is 12.9. The van der Waals surface area contributed by atoms with E-state index < -0.39 is 21.9 Å². The van der Waals surface area contributed by atoms with Crippen LogP contribution in [0.25, 0.3) is 0 Å². The zero-order valence-electron chi connectivity index (χ0n) is 15.2. The Bertz CT molecular complexity index is 773. The lowest BCUT2D eigenvalue weighted by molar-refractivity contribution is -0.141. The number of amides is 1. The molecule has 2 atom stereocenters. The van der Waals surface area contributed by atoms with Gasteiger partial charge in [-0.3, -0.25) is 9.59 Å². The highest BCUT2D eigenvalue weighted by atomic mass is 32.2. The second kappa shape index (κ2) is 8.39. The summed E-state index contributed by atoms with van der Waals surface area (Å²) in [4.78, 5) is 23.6. The first-order valence-corrected chi connectivity index (χ1v) is 10.9. The third-order valence-corrected chi connectivity index (χ3v) is 7.58. The number of nitrogens with zero attached hydrogens (tertiary/aromatic N) is 1. The number of nitrogens with one attached hydrogen (secondary N) is 1. The standard InChI is InChI=1S/C19H26N2O5S/c22-18(15-6-7-16(12-15)19(23)24)20-13-14-8-10-21(11-9-14)27(25,26)17-4-2-1-3-5-17/h1-5,14-16H,6-13H2,(H,20,22)(H,23,24)/t15-,16+/m0/s1. The highest BCUT2D eigenvalue weighted by molar-refractivity contribution is 7.89. The summed E-state index contributed by atoms with van der Waals surface area (Å²) in [5, 5.41) is 12.0. The van der Waals surface area contributed by atoms with Gasteiger partial charge < -0.3 is 10.4 Å². The van der Waals surface area contributed by atoms with E-state index >= 15 is 0 Å². The quantitative estimate of drug-likeness (QED) is 0.764. The van der Waals surface area contributed by atoms with Crippen LogP contribution in [0.4, 0.5) is 0 Å². The summed E-state index contributed by atoms with van der Waals surface area (Å²) >= 11 is 0. The summed E-state index contributed by atoms with van der Waals surface area (Å²) in [7, 11) is -3.45. The smallest absolute Gasteiger partial charge is 0.306 e. The number of carbonyl (C=O) groups is 2. The number of carbonyl (C=O) groups excluding carboxylic acids is 1. The van der Waals surface area contributed by atoms with Crippen molar-refractivity contribution in [2.45, 2.75) is 37.0 Å². The molecular formula is C19H26N2O5S. The van der Waals surface area contributed by atoms with Crippen LogP contribution in [-0.2, 0) is 19.6 Å². The average Bonchev–Trinajstić information content (AvgIpc) is 3.18. The summed E-state index contributed by atoms with van der Waals surface area (Å²) in [6.45, 7) is 1.41. The Kier molecular flexibility index (Phi) is 6.16. The van der Waals surface area contributed by atoms with E-state index in [1.54, 1.807) is 30.3 Å². The second-order valence-corrected chi connectivity index (χ2v) is 9.39. The molecule has 1 aromatic rings. The summed E-state index contributed by atoms with van der Waals surface area (Å²) in [5.41, 5.74) is 0. The van der Waals surface area contributed by atoms with Gasteiger partial charge in [0.2, 0.25) is 15.9 Å². The van der Waals surface area contributed by atoms with E-state index in [2.05, 4.69) is 5.32 Å². The van der Waals surface area contributed by atoms with Crippen molar-refractivity contribution in [3.63, 3.8) is 0 Å². The van der Waals surface area contributed by atoms with Crippen LogP contribution in [0, 0.1) is 17.8 Å². The molecule has 1 amide bonds. The fourth-order valence-electron chi connectivity index (χ4n) is 3.93. The van der Waals surface area contributed by atoms with Gasteiger partial charge in [0.25, 0.3) is 0 Å². The number of rotatable bonds is 6. The fraction of sp³-hybridized carbons (Fsp3) is 0.579. The van der Waals surface area contributed by atoms with E-state index in [4.69, 9.17) is 5.11 Å². The van der Waals surface area contributed by atoms with Crippen LogP contribution in [-0.4, -0.2) is 49.3 Å². The second-order valence-electron chi connectivity index (χ2n) is 7.45. The molecule has 2 aliphatic rings. The summed E-state index contributed by atoms with van der Waals surface area (Å²) in [5.74, 6) is -1.28. The first kappa shape index (κ1) is 19.8. The van der Waals surface area contributed by atoms with Crippen LogP contribution in [0.3, 0.4) is 0 Å². The number of carboxylic acid groups (broad SMARTS) is 1. The average molecular weight is 394 g/mol. The van der Waals surface area contributed by atoms with E-state index in [0.717, 1.165) is 0 Å². The molecule has 27 heavy (non-hydrogen) atoms. The monoisotopic (exact) mass is 394 g/mol. The molecule has 1 aromatic carbocycles. The molecule has 1 saturated heterocycles. The predicted molar refractivity (Wildman–Crippen MR) is 99.4 cm³/mol. The predicted octanol–water partition coefficient (Wildman–Crippen LogP) is 1.70. The Balaban J connectivity index is 1.45. The number of carboxylic acids is 1. The molecule has 1 heterocycles. The highest BCUT2D eigenvalue weighted by Gasteiger charge is 2.34. The van der Waals surface area contributed by atoms with Crippen molar-refractivity contribution in [2.24, 2.45) is 17.8 Å². The zero-order valence-corrected chi connectivity index (χ0v) is 16.0. The van der Waals surface area contributed by atoms with Crippen LogP contribution >= 0.6 is 0 Å². The van der Waals surface area contributed by atoms with Gasteiger partial charge in [-0.1, -0.05) is 18.2 Å². The van der Waals surface area contributed by atoms with E-state index in [0.29, 0.717) is 56.6 Å². The molecule has 0 aromatic heterocycles. The van der Waals surface area contributed by atoms with Crippen molar-refractivity contribution in [2.75, 3.05) is 19.6 Å². The van der Waals surface area contributed by atoms with Gasteiger partial charge in [0, 0.05) is 25.6 Å². The first-order valence-electron chi connectivity index (χ1n) is 9.43. The Morgan fingerprint density at radius 2 is 1.67 bits per heavy atom. The van der Waals surface area contributed by atoms with E-state index in [1.165, 1.54) is 4.31 Å². The van der Waals surface area contributed by atoms with Gasteiger partial charge in [-0.15, -0.1) is 0 Å². The molecule has 0 unspecified atom stereocenters. The van der Waals surface area contributed by atoms with E-state index in [9.17, 15) is 18.0 Å². The molecule has 2 fully saturated rings. The summed E-state index contributed by atoms with van der Waals surface area (Å²) in [6.07, 6.45) is 3.00. The largest absolute Gasteiger partial charge is 0.481 e. The Labute approximate surface area is 159 Å². The van der Waals surface area contributed by atoms with Crippen molar-refractivity contribution >= 4 is 21.9 Å². The Morgan fingerprint density at radius 3 is 2.26 bits per heavy atom. The normalized spacial score (nSPS) is 24.6. The van der Waals surface area contributed by atoms with Crippen LogP contribution in [0.2, 0.25) is 0 Å². The Hall–Kier alpha value is -1.93. The van der Waals surface area contributed by atoms with Crippen LogP contribution < -0.4 is 5.32 Å². The van der Waals surface area contributed by atoms with Crippen LogP contribution in [0.15, 0.2) is 35.2 Å². The highest BCUT2D eigenvalue weighted by Crippen LogP contribution is 2.31. The topological polar surface area (TPSA) is 104 Å². The third kappa shape index (κ3) is 4.68. The minimum absolute atomic E-state index is 0.0712.